The van der Waals surface area contributed by atoms with Crippen molar-refractivity contribution >= 4 is 34.6 Å². The Kier molecular flexibility index (Phi) is 5.59. The first-order valence-electron chi connectivity index (χ1n) is 10.7. The molecule has 1 aliphatic carbocycles. The quantitative estimate of drug-likeness (QED) is 0.493. The number of ether oxygens (including phenoxy) is 1. The molecule has 3 heterocycles. The number of aromatic nitrogens is 2. The number of anilines is 1. The van der Waals surface area contributed by atoms with Crippen LogP contribution in [0.1, 0.15) is 55.1 Å². The van der Waals surface area contributed by atoms with Gasteiger partial charge < -0.3 is 19.5 Å². The largest absolute Gasteiger partial charge is 0.495 e. The lowest BCUT2D eigenvalue weighted by Gasteiger charge is -2.27. The number of thiocarbonyl (C=S) groups is 1. The third-order valence-corrected chi connectivity index (χ3v) is 6.95. The van der Waals surface area contributed by atoms with Crippen molar-refractivity contribution in [1.29, 1.82) is 0 Å². The Morgan fingerprint density at radius 1 is 1.16 bits per heavy atom. The number of hydrogen-bond acceptors (Lipinski definition) is 3. The summed E-state index contributed by atoms with van der Waals surface area (Å²) in [5, 5.41) is 4.73. The van der Waals surface area contributed by atoms with Crippen LogP contribution in [-0.4, -0.2) is 21.8 Å². The highest BCUT2D eigenvalue weighted by Crippen LogP contribution is 2.43. The zero-order chi connectivity index (χ0) is 21.4. The molecule has 0 bridgehead atoms. The minimum absolute atomic E-state index is 0.0329. The predicted octanol–water partition coefficient (Wildman–Crippen LogP) is 5.84. The van der Waals surface area contributed by atoms with Gasteiger partial charge in [-0.2, -0.15) is 0 Å². The van der Waals surface area contributed by atoms with Gasteiger partial charge in [0.15, 0.2) is 5.11 Å². The van der Waals surface area contributed by atoms with Crippen LogP contribution in [0.15, 0.2) is 61.1 Å². The predicted molar refractivity (Wildman–Crippen MR) is 128 cm³/mol. The topological polar surface area (TPSA) is 42.3 Å². The summed E-state index contributed by atoms with van der Waals surface area (Å²) in [7, 11) is 1.62. The summed E-state index contributed by atoms with van der Waals surface area (Å²) in [6, 6.07) is 14.5. The van der Waals surface area contributed by atoms with E-state index in [2.05, 4.69) is 38.2 Å². The summed E-state index contributed by atoms with van der Waals surface area (Å²) in [5.41, 5.74) is 3.10. The first-order valence-corrected chi connectivity index (χ1v) is 11.5. The molecule has 0 amide bonds. The van der Waals surface area contributed by atoms with Crippen LogP contribution in [0.2, 0.25) is 5.02 Å². The van der Waals surface area contributed by atoms with Crippen molar-refractivity contribution in [3.63, 3.8) is 0 Å². The molecule has 2 atom stereocenters. The Hall–Kier alpha value is -2.57. The maximum atomic E-state index is 6.46. The van der Waals surface area contributed by atoms with Gasteiger partial charge in [-0.15, -0.1) is 0 Å². The highest BCUT2D eigenvalue weighted by Gasteiger charge is 2.41. The van der Waals surface area contributed by atoms with E-state index in [1.165, 1.54) is 31.2 Å². The molecule has 1 saturated heterocycles. The second-order valence-electron chi connectivity index (χ2n) is 8.15. The number of nitrogens with zero attached hydrogens (tertiary/aromatic N) is 3. The van der Waals surface area contributed by atoms with Crippen LogP contribution in [0.5, 0.6) is 5.75 Å². The Labute approximate surface area is 193 Å². The van der Waals surface area contributed by atoms with Gasteiger partial charge in [-0.3, -0.25) is 4.98 Å². The zero-order valence-corrected chi connectivity index (χ0v) is 18.9. The van der Waals surface area contributed by atoms with E-state index in [4.69, 9.17) is 28.6 Å². The fourth-order valence-electron chi connectivity index (χ4n) is 4.81. The lowest BCUT2D eigenvalue weighted by atomic mass is 9.98. The van der Waals surface area contributed by atoms with Gasteiger partial charge in [0, 0.05) is 30.3 Å². The molecule has 2 aromatic heterocycles. The first kappa shape index (κ1) is 20.3. The average Bonchev–Trinajstić information content (AvgIpc) is 3.53. The van der Waals surface area contributed by atoms with Gasteiger partial charge >= 0.3 is 0 Å². The summed E-state index contributed by atoms with van der Waals surface area (Å²) in [5.74, 6) is 0.647. The molecular weight excluding hydrogens is 428 g/mol. The molecule has 2 fully saturated rings. The summed E-state index contributed by atoms with van der Waals surface area (Å²) in [6.07, 6.45) is 11.4. The van der Waals surface area contributed by atoms with Gasteiger partial charge in [0.2, 0.25) is 0 Å². The summed E-state index contributed by atoms with van der Waals surface area (Å²) in [4.78, 5) is 6.77. The fourth-order valence-corrected chi connectivity index (χ4v) is 5.41. The minimum Gasteiger partial charge on any atom is -0.495 e. The van der Waals surface area contributed by atoms with Crippen LogP contribution in [0.3, 0.4) is 0 Å². The van der Waals surface area contributed by atoms with Crippen LogP contribution in [0.25, 0.3) is 0 Å². The Morgan fingerprint density at radius 3 is 2.71 bits per heavy atom. The molecule has 5 rings (SSSR count). The van der Waals surface area contributed by atoms with Crippen molar-refractivity contribution in [3.05, 3.63) is 77.3 Å². The van der Waals surface area contributed by atoms with Gasteiger partial charge in [-0.25, -0.2) is 0 Å². The van der Waals surface area contributed by atoms with E-state index in [9.17, 15) is 0 Å². The third-order valence-electron chi connectivity index (χ3n) is 6.34. The molecule has 1 saturated carbocycles. The number of pyridine rings is 1. The normalized spacial score (nSPS) is 21.5. The highest BCUT2D eigenvalue weighted by atomic mass is 35.5. The van der Waals surface area contributed by atoms with Gasteiger partial charge in [0.1, 0.15) is 5.75 Å². The minimum atomic E-state index is -0.0611. The van der Waals surface area contributed by atoms with E-state index in [0.29, 0.717) is 21.9 Å². The van der Waals surface area contributed by atoms with Crippen LogP contribution in [-0.2, 0) is 0 Å². The molecule has 3 aromatic rings. The number of halogens is 1. The number of rotatable bonds is 5. The average molecular weight is 453 g/mol. The van der Waals surface area contributed by atoms with Crippen molar-refractivity contribution in [2.24, 2.45) is 0 Å². The molecular formula is C24H25ClN4OS. The molecule has 2 aliphatic rings. The van der Waals surface area contributed by atoms with Crippen molar-refractivity contribution < 1.29 is 4.74 Å². The van der Waals surface area contributed by atoms with Gasteiger partial charge in [-0.05, 0) is 67.0 Å². The molecule has 7 heteroatoms. The van der Waals surface area contributed by atoms with E-state index in [1.54, 1.807) is 7.11 Å². The number of benzene rings is 1. The number of hydrogen-bond donors (Lipinski definition) is 1. The molecule has 1 N–H and O–H groups in total. The third kappa shape index (κ3) is 3.79. The molecule has 0 spiro atoms. The number of nitrogens with one attached hydrogen (secondary N) is 1. The molecule has 1 aromatic carbocycles. The highest BCUT2D eigenvalue weighted by molar-refractivity contribution is 7.80. The maximum absolute atomic E-state index is 6.46. The van der Waals surface area contributed by atoms with Crippen molar-refractivity contribution in [2.45, 2.75) is 43.8 Å². The fraction of sp³-hybridized carbons (Fsp3) is 0.333. The van der Waals surface area contributed by atoms with Crippen LogP contribution < -0.4 is 15.0 Å². The maximum Gasteiger partial charge on any atom is 0.174 e. The number of methoxy groups -OCH3 is 1. The summed E-state index contributed by atoms with van der Waals surface area (Å²) < 4.78 is 7.71. The van der Waals surface area contributed by atoms with Gasteiger partial charge in [-0.1, -0.05) is 30.5 Å². The lowest BCUT2D eigenvalue weighted by molar-refractivity contribution is 0.415. The van der Waals surface area contributed by atoms with E-state index in [-0.39, 0.29) is 12.1 Å². The van der Waals surface area contributed by atoms with Crippen LogP contribution in [0, 0.1) is 0 Å². The molecule has 31 heavy (non-hydrogen) atoms. The molecule has 0 unspecified atom stereocenters. The zero-order valence-electron chi connectivity index (χ0n) is 17.4. The van der Waals surface area contributed by atoms with E-state index in [1.807, 2.05) is 42.6 Å². The van der Waals surface area contributed by atoms with Crippen molar-refractivity contribution in [1.82, 2.24) is 14.9 Å². The summed E-state index contributed by atoms with van der Waals surface area (Å²) in [6.45, 7) is 0. The first-order chi connectivity index (χ1) is 15.2. The van der Waals surface area contributed by atoms with E-state index >= 15 is 0 Å². The van der Waals surface area contributed by atoms with Gasteiger partial charge in [0.05, 0.1) is 29.9 Å². The Morgan fingerprint density at radius 2 is 2.00 bits per heavy atom. The standard InChI is InChI=1S/C24H25ClN4OS/c1-30-21-10-9-18(14-19(21)25)29-23(16-11-13-28(15-16)17-6-2-3-7-17)22(27-24(29)31)20-8-4-5-12-26-20/h4-5,8-15,17,22-23H,2-3,6-7H2,1H3,(H,27,31)/t22-,23-/m0/s1. The Balaban J connectivity index is 1.57. The second kappa shape index (κ2) is 8.52. The Bertz CT molecular complexity index is 1080. The molecule has 0 radical (unpaired) electrons. The monoisotopic (exact) mass is 452 g/mol. The SMILES string of the molecule is COc1ccc(N2C(=S)N[C@@H](c3ccccn3)[C@@H]2c2ccn(C3CCCC3)c2)cc1Cl. The molecule has 1 aliphatic heterocycles. The van der Waals surface area contributed by atoms with Crippen molar-refractivity contribution in [2.75, 3.05) is 12.0 Å². The molecule has 160 valence electrons. The smallest absolute Gasteiger partial charge is 0.174 e. The summed E-state index contributed by atoms with van der Waals surface area (Å²) >= 11 is 12.3. The lowest BCUT2D eigenvalue weighted by Crippen LogP contribution is -2.29. The van der Waals surface area contributed by atoms with Crippen LogP contribution in [0.4, 0.5) is 5.69 Å². The van der Waals surface area contributed by atoms with E-state index in [0.717, 1.165) is 11.4 Å². The van der Waals surface area contributed by atoms with Crippen LogP contribution >= 0.6 is 23.8 Å². The second-order valence-corrected chi connectivity index (χ2v) is 8.94. The van der Waals surface area contributed by atoms with Gasteiger partial charge in [0.25, 0.3) is 0 Å². The molecule has 5 nitrogen and oxygen atoms in total. The van der Waals surface area contributed by atoms with Crippen molar-refractivity contribution in [3.8, 4) is 5.75 Å². The van der Waals surface area contributed by atoms with E-state index < -0.39 is 0 Å².